The highest BCUT2D eigenvalue weighted by Gasteiger charge is 2.55. The molecule has 5 atom stereocenters. The van der Waals surface area contributed by atoms with Crippen LogP contribution in [0.2, 0.25) is 0 Å². The van der Waals surface area contributed by atoms with Gasteiger partial charge in [-0.15, -0.1) is 0 Å². The van der Waals surface area contributed by atoms with Crippen LogP contribution in [0.4, 0.5) is 8.78 Å². The number of aliphatic hydroxyl groups excluding tert-OH is 1. The van der Waals surface area contributed by atoms with Crippen LogP contribution in [0, 0.1) is 17.8 Å². The zero-order valence-corrected chi connectivity index (χ0v) is 17.3. The van der Waals surface area contributed by atoms with Gasteiger partial charge in [0.25, 0.3) is 5.92 Å². The van der Waals surface area contributed by atoms with Crippen molar-refractivity contribution in [3.8, 4) is 0 Å². The fourth-order valence-corrected chi connectivity index (χ4v) is 4.78. The van der Waals surface area contributed by atoms with Crippen molar-refractivity contribution < 1.29 is 28.5 Å². The number of carboxylic acids is 1. The van der Waals surface area contributed by atoms with E-state index in [0.29, 0.717) is 32.3 Å². The van der Waals surface area contributed by atoms with Crippen molar-refractivity contribution in [2.24, 2.45) is 17.8 Å². The zero-order chi connectivity index (χ0) is 21.6. The van der Waals surface area contributed by atoms with E-state index in [1.165, 1.54) is 12.2 Å². The molecule has 2 aliphatic rings. The van der Waals surface area contributed by atoms with Crippen LogP contribution in [0.5, 0.6) is 0 Å². The van der Waals surface area contributed by atoms with Crippen LogP contribution in [-0.4, -0.2) is 40.9 Å². The molecule has 1 saturated carbocycles. The highest BCUT2D eigenvalue weighted by Crippen LogP contribution is 2.50. The number of rotatable bonds is 9. The van der Waals surface area contributed by atoms with Crippen molar-refractivity contribution in [2.45, 2.75) is 69.5 Å². The quantitative estimate of drug-likeness (QED) is 0.558. The fraction of sp³-hybridized carbons (Fsp3) is 0.625. The van der Waals surface area contributed by atoms with E-state index in [1.807, 2.05) is 30.3 Å². The molecule has 1 saturated heterocycles. The standard InChI is InChI=1S/C24H32F2O4/c25-24(26)15-22-20(13-10-18(16-30-22)7-4-8-23(28)29)21(24)14-12-19(27)11-9-17-5-2-1-3-6-17/h1-3,5-6,12,14,18-22,27H,4,7-11,13,15-16H2,(H,28,29)/b14-12+/t18-,19-,20+,21+,22-/m0/s1. The molecule has 0 unspecified atom stereocenters. The topological polar surface area (TPSA) is 66.8 Å². The molecule has 0 amide bonds. The summed E-state index contributed by atoms with van der Waals surface area (Å²) < 4.78 is 35.2. The molecule has 3 rings (SSSR count). The summed E-state index contributed by atoms with van der Waals surface area (Å²) in [7, 11) is 0. The molecule has 166 valence electrons. The summed E-state index contributed by atoms with van der Waals surface area (Å²) in [6.45, 7) is 0.424. The van der Waals surface area contributed by atoms with Gasteiger partial charge in [0.05, 0.1) is 12.2 Å². The van der Waals surface area contributed by atoms with Gasteiger partial charge in [0.15, 0.2) is 0 Å². The molecule has 1 heterocycles. The molecular formula is C24H32F2O4. The molecule has 30 heavy (non-hydrogen) atoms. The lowest BCUT2D eigenvalue weighted by Gasteiger charge is -2.22. The number of alkyl halides is 2. The number of aliphatic hydroxyl groups is 1. The van der Waals surface area contributed by atoms with Gasteiger partial charge in [-0.25, -0.2) is 8.78 Å². The number of hydrogen-bond donors (Lipinski definition) is 2. The molecule has 0 radical (unpaired) electrons. The molecule has 0 spiro atoms. The largest absolute Gasteiger partial charge is 0.481 e. The Morgan fingerprint density at radius 2 is 2.03 bits per heavy atom. The van der Waals surface area contributed by atoms with Gasteiger partial charge in [0.1, 0.15) is 0 Å². The molecule has 1 aromatic carbocycles. The molecular weight excluding hydrogens is 390 g/mol. The molecule has 6 heteroatoms. The van der Waals surface area contributed by atoms with E-state index < -0.39 is 30.0 Å². The minimum absolute atomic E-state index is 0.133. The Bertz CT molecular complexity index is 706. The van der Waals surface area contributed by atoms with E-state index in [1.54, 1.807) is 0 Å². The molecule has 0 bridgehead atoms. The van der Waals surface area contributed by atoms with Crippen molar-refractivity contribution in [1.82, 2.24) is 0 Å². The van der Waals surface area contributed by atoms with Crippen LogP contribution in [0.1, 0.15) is 50.5 Å². The Balaban J connectivity index is 1.54. The number of carbonyl (C=O) groups is 1. The van der Waals surface area contributed by atoms with Crippen molar-refractivity contribution in [1.29, 1.82) is 0 Å². The van der Waals surface area contributed by atoms with Crippen LogP contribution < -0.4 is 0 Å². The molecule has 0 aromatic heterocycles. The van der Waals surface area contributed by atoms with Gasteiger partial charge in [0.2, 0.25) is 0 Å². The Labute approximate surface area is 176 Å². The van der Waals surface area contributed by atoms with Crippen molar-refractivity contribution in [3.05, 3.63) is 48.0 Å². The first-order valence-corrected chi connectivity index (χ1v) is 11.0. The van der Waals surface area contributed by atoms with Crippen LogP contribution >= 0.6 is 0 Å². The maximum atomic E-state index is 14.7. The second-order valence-electron chi connectivity index (χ2n) is 8.73. The van der Waals surface area contributed by atoms with E-state index >= 15 is 0 Å². The zero-order valence-electron chi connectivity index (χ0n) is 17.3. The second-order valence-corrected chi connectivity index (χ2v) is 8.73. The number of aryl methyl sites for hydroxylation is 1. The van der Waals surface area contributed by atoms with Gasteiger partial charge in [-0.1, -0.05) is 42.5 Å². The molecule has 1 aliphatic carbocycles. The number of aliphatic carboxylic acids is 1. The lowest BCUT2D eigenvalue weighted by atomic mass is 9.86. The van der Waals surface area contributed by atoms with Gasteiger partial charge in [-0.05, 0) is 55.9 Å². The normalized spacial score (nSPS) is 29.4. The molecule has 1 aliphatic heterocycles. The van der Waals surface area contributed by atoms with Crippen molar-refractivity contribution in [3.63, 3.8) is 0 Å². The fourth-order valence-electron chi connectivity index (χ4n) is 4.78. The van der Waals surface area contributed by atoms with Crippen LogP contribution in [-0.2, 0) is 16.0 Å². The maximum Gasteiger partial charge on any atom is 0.303 e. The van der Waals surface area contributed by atoms with Gasteiger partial charge in [0, 0.05) is 25.4 Å². The second kappa shape index (κ2) is 10.5. The summed E-state index contributed by atoms with van der Waals surface area (Å²) in [6, 6.07) is 9.79. The van der Waals surface area contributed by atoms with E-state index in [-0.39, 0.29) is 24.7 Å². The first-order valence-electron chi connectivity index (χ1n) is 11.0. The number of allylic oxidation sites excluding steroid dienone is 1. The van der Waals surface area contributed by atoms with Gasteiger partial charge in [-0.3, -0.25) is 4.79 Å². The molecule has 1 aromatic rings. The van der Waals surface area contributed by atoms with E-state index in [0.717, 1.165) is 18.4 Å². The Kier molecular flexibility index (Phi) is 8.00. The number of hydrogen-bond acceptors (Lipinski definition) is 3. The summed E-state index contributed by atoms with van der Waals surface area (Å²) >= 11 is 0. The summed E-state index contributed by atoms with van der Waals surface area (Å²) in [4.78, 5) is 10.7. The third kappa shape index (κ3) is 6.35. The summed E-state index contributed by atoms with van der Waals surface area (Å²) in [5.41, 5.74) is 1.11. The summed E-state index contributed by atoms with van der Waals surface area (Å²) in [5.74, 6) is -4.60. The number of carboxylic acid groups (broad SMARTS) is 1. The highest BCUT2D eigenvalue weighted by molar-refractivity contribution is 5.66. The maximum absolute atomic E-state index is 14.7. The number of ether oxygens (including phenoxy) is 1. The Hall–Kier alpha value is -1.79. The third-order valence-corrected chi connectivity index (χ3v) is 6.47. The lowest BCUT2D eigenvalue weighted by Crippen LogP contribution is -2.25. The summed E-state index contributed by atoms with van der Waals surface area (Å²) in [5, 5.41) is 19.1. The number of halogens is 2. The molecule has 2 fully saturated rings. The first kappa shape index (κ1) is 22.9. The SMILES string of the molecule is O=C(O)CCC[C@H]1CC[C@H]2[C@H](CC(F)(F)[C@@H]2/C=C/[C@@H](O)CCc2ccccc2)OC1. The van der Waals surface area contributed by atoms with Gasteiger partial charge in [-0.2, -0.15) is 0 Å². The summed E-state index contributed by atoms with van der Waals surface area (Å²) in [6.07, 6.45) is 5.61. The smallest absolute Gasteiger partial charge is 0.303 e. The number of benzene rings is 1. The first-order chi connectivity index (χ1) is 14.3. The van der Waals surface area contributed by atoms with Crippen molar-refractivity contribution in [2.75, 3.05) is 6.61 Å². The predicted molar refractivity (Wildman–Crippen MR) is 110 cm³/mol. The van der Waals surface area contributed by atoms with Crippen molar-refractivity contribution >= 4 is 5.97 Å². The van der Waals surface area contributed by atoms with Gasteiger partial charge >= 0.3 is 5.97 Å². The molecule has 4 nitrogen and oxygen atoms in total. The third-order valence-electron chi connectivity index (χ3n) is 6.47. The monoisotopic (exact) mass is 422 g/mol. The predicted octanol–water partition coefficient (Wildman–Crippen LogP) is 4.86. The van der Waals surface area contributed by atoms with E-state index in [9.17, 15) is 18.7 Å². The Morgan fingerprint density at radius 3 is 2.77 bits per heavy atom. The Morgan fingerprint density at radius 1 is 1.27 bits per heavy atom. The highest BCUT2D eigenvalue weighted by atomic mass is 19.3. The average molecular weight is 423 g/mol. The van der Waals surface area contributed by atoms with E-state index in [2.05, 4.69) is 0 Å². The minimum Gasteiger partial charge on any atom is -0.481 e. The number of fused-ring (bicyclic) bond motifs is 1. The minimum atomic E-state index is -2.83. The van der Waals surface area contributed by atoms with Gasteiger partial charge < -0.3 is 14.9 Å². The molecule has 2 N–H and O–H groups in total. The van der Waals surface area contributed by atoms with E-state index in [4.69, 9.17) is 9.84 Å². The lowest BCUT2D eigenvalue weighted by molar-refractivity contribution is -0.137. The van der Waals surface area contributed by atoms with Crippen LogP contribution in [0.25, 0.3) is 0 Å². The van der Waals surface area contributed by atoms with Crippen LogP contribution in [0.3, 0.4) is 0 Å². The van der Waals surface area contributed by atoms with Crippen LogP contribution in [0.15, 0.2) is 42.5 Å². The average Bonchev–Trinajstić information content (AvgIpc) is 2.82.